The van der Waals surface area contributed by atoms with Crippen LogP contribution in [0, 0.1) is 6.92 Å². The third kappa shape index (κ3) is 3.76. The van der Waals surface area contributed by atoms with E-state index in [4.69, 9.17) is 0 Å². The van der Waals surface area contributed by atoms with Crippen LogP contribution in [0.2, 0.25) is 0 Å². The summed E-state index contributed by atoms with van der Waals surface area (Å²) in [7, 11) is 0. The van der Waals surface area contributed by atoms with Crippen LogP contribution < -0.4 is 10.6 Å². The molecule has 22 heavy (non-hydrogen) atoms. The Bertz CT molecular complexity index is 724. The van der Waals surface area contributed by atoms with Gasteiger partial charge in [-0.05, 0) is 49.7 Å². The molecule has 1 aromatic carbocycles. The SMILES string of the molecule is CC(=O)c1ccc(NC(=O)C(=O)Nc2ncccc2C)cc1. The van der Waals surface area contributed by atoms with Gasteiger partial charge in [-0.25, -0.2) is 4.98 Å². The lowest BCUT2D eigenvalue weighted by molar-refractivity contribution is -0.133. The van der Waals surface area contributed by atoms with E-state index >= 15 is 0 Å². The van der Waals surface area contributed by atoms with Crippen LogP contribution >= 0.6 is 0 Å². The summed E-state index contributed by atoms with van der Waals surface area (Å²) in [5.41, 5.74) is 1.73. The molecule has 6 nitrogen and oxygen atoms in total. The van der Waals surface area contributed by atoms with Crippen molar-refractivity contribution in [3.05, 3.63) is 53.7 Å². The van der Waals surface area contributed by atoms with E-state index in [1.807, 2.05) is 0 Å². The lowest BCUT2D eigenvalue weighted by atomic mass is 10.1. The van der Waals surface area contributed by atoms with Crippen molar-refractivity contribution >= 4 is 29.1 Å². The summed E-state index contributed by atoms with van der Waals surface area (Å²) < 4.78 is 0. The van der Waals surface area contributed by atoms with Crippen LogP contribution in [-0.2, 0) is 9.59 Å². The second kappa shape index (κ2) is 6.62. The maximum absolute atomic E-state index is 11.8. The molecule has 0 atom stereocenters. The highest BCUT2D eigenvalue weighted by Crippen LogP contribution is 2.11. The van der Waals surface area contributed by atoms with Crippen molar-refractivity contribution < 1.29 is 14.4 Å². The van der Waals surface area contributed by atoms with Gasteiger partial charge in [0.1, 0.15) is 5.82 Å². The van der Waals surface area contributed by atoms with Crippen molar-refractivity contribution in [2.24, 2.45) is 0 Å². The van der Waals surface area contributed by atoms with Crippen molar-refractivity contribution in [2.75, 3.05) is 10.6 Å². The molecule has 0 radical (unpaired) electrons. The number of carbonyl (C=O) groups excluding carboxylic acids is 3. The molecule has 0 saturated carbocycles. The molecule has 1 heterocycles. The first-order chi connectivity index (χ1) is 10.5. The van der Waals surface area contributed by atoms with Crippen LogP contribution in [0.3, 0.4) is 0 Å². The number of pyridine rings is 1. The van der Waals surface area contributed by atoms with Gasteiger partial charge in [0.05, 0.1) is 0 Å². The molecule has 0 bridgehead atoms. The molecule has 2 aromatic rings. The van der Waals surface area contributed by atoms with Gasteiger partial charge in [0, 0.05) is 17.4 Å². The smallest absolute Gasteiger partial charge is 0.315 e. The predicted molar refractivity (Wildman–Crippen MR) is 82.7 cm³/mol. The minimum atomic E-state index is -0.808. The third-order valence-electron chi connectivity index (χ3n) is 3.00. The number of carbonyl (C=O) groups is 3. The van der Waals surface area contributed by atoms with Crippen LogP contribution in [0.25, 0.3) is 0 Å². The molecule has 2 amide bonds. The average Bonchev–Trinajstić information content (AvgIpc) is 2.50. The highest BCUT2D eigenvalue weighted by molar-refractivity contribution is 6.43. The van der Waals surface area contributed by atoms with Crippen molar-refractivity contribution in [3.63, 3.8) is 0 Å². The van der Waals surface area contributed by atoms with Crippen LogP contribution in [0.4, 0.5) is 11.5 Å². The summed E-state index contributed by atoms with van der Waals surface area (Å²) in [5, 5.41) is 4.90. The number of nitrogens with zero attached hydrogens (tertiary/aromatic N) is 1. The number of anilines is 2. The molecule has 6 heteroatoms. The Hall–Kier alpha value is -3.02. The van der Waals surface area contributed by atoms with Crippen molar-refractivity contribution in [1.29, 1.82) is 0 Å². The summed E-state index contributed by atoms with van der Waals surface area (Å²) in [6, 6.07) is 9.81. The Kier molecular flexibility index (Phi) is 4.63. The lowest BCUT2D eigenvalue weighted by Crippen LogP contribution is -2.29. The van der Waals surface area contributed by atoms with Crippen molar-refractivity contribution in [2.45, 2.75) is 13.8 Å². The fraction of sp³-hybridized carbons (Fsp3) is 0.125. The van der Waals surface area contributed by atoms with Crippen LogP contribution in [0.5, 0.6) is 0 Å². The molecule has 0 aliphatic carbocycles. The molecule has 1 aromatic heterocycles. The Labute approximate surface area is 127 Å². The summed E-state index contributed by atoms with van der Waals surface area (Å²) in [5.74, 6) is -1.34. The molecular weight excluding hydrogens is 282 g/mol. The van der Waals surface area contributed by atoms with Gasteiger partial charge in [-0.1, -0.05) is 6.07 Å². The number of benzene rings is 1. The molecule has 0 spiro atoms. The Morgan fingerprint density at radius 3 is 2.18 bits per heavy atom. The highest BCUT2D eigenvalue weighted by atomic mass is 16.2. The first-order valence-corrected chi connectivity index (χ1v) is 6.62. The van der Waals surface area contributed by atoms with Crippen molar-refractivity contribution in [1.82, 2.24) is 4.98 Å². The zero-order valence-corrected chi connectivity index (χ0v) is 12.2. The number of hydrogen-bond acceptors (Lipinski definition) is 4. The Morgan fingerprint density at radius 1 is 0.955 bits per heavy atom. The standard InChI is InChI=1S/C16H15N3O3/c1-10-4-3-9-17-14(10)19-16(22)15(21)18-13-7-5-12(6-8-13)11(2)20/h3-9H,1-2H3,(H,18,21)(H,17,19,22). The monoisotopic (exact) mass is 297 g/mol. The zero-order chi connectivity index (χ0) is 16.1. The van der Waals surface area contributed by atoms with Gasteiger partial charge in [0.25, 0.3) is 0 Å². The van der Waals surface area contributed by atoms with Gasteiger partial charge in [0.2, 0.25) is 0 Å². The molecule has 2 N–H and O–H groups in total. The number of nitrogens with one attached hydrogen (secondary N) is 2. The van der Waals surface area contributed by atoms with E-state index in [0.717, 1.165) is 5.56 Å². The van der Waals surface area contributed by atoms with Gasteiger partial charge in [-0.2, -0.15) is 0 Å². The summed E-state index contributed by atoms with van der Waals surface area (Å²) >= 11 is 0. The van der Waals surface area contributed by atoms with Gasteiger partial charge >= 0.3 is 11.8 Å². The maximum Gasteiger partial charge on any atom is 0.315 e. The molecule has 0 fully saturated rings. The topological polar surface area (TPSA) is 88.2 Å². The molecular formula is C16H15N3O3. The highest BCUT2D eigenvalue weighted by Gasteiger charge is 2.15. The third-order valence-corrected chi connectivity index (χ3v) is 3.00. The van der Waals surface area contributed by atoms with Gasteiger partial charge < -0.3 is 10.6 Å². The minimum absolute atomic E-state index is 0.0683. The predicted octanol–water partition coefficient (Wildman–Crippen LogP) is 2.17. The summed E-state index contributed by atoms with van der Waals surface area (Å²) in [6.07, 6.45) is 1.53. The number of ketones is 1. The van der Waals surface area contributed by atoms with E-state index in [2.05, 4.69) is 15.6 Å². The van der Waals surface area contributed by atoms with Gasteiger partial charge in [-0.3, -0.25) is 14.4 Å². The number of Topliss-reactive ketones (excluding diaryl/α,β-unsaturated/α-hetero) is 1. The molecule has 112 valence electrons. The summed E-state index contributed by atoms with van der Waals surface area (Å²) in [6.45, 7) is 3.23. The minimum Gasteiger partial charge on any atom is -0.318 e. The summed E-state index contributed by atoms with van der Waals surface area (Å²) in [4.78, 5) is 38.8. The average molecular weight is 297 g/mol. The normalized spacial score (nSPS) is 9.91. The van der Waals surface area contributed by atoms with E-state index in [1.165, 1.54) is 13.1 Å². The molecule has 2 rings (SSSR count). The van der Waals surface area contributed by atoms with E-state index in [-0.39, 0.29) is 5.78 Å². The van der Waals surface area contributed by atoms with Crippen molar-refractivity contribution in [3.8, 4) is 0 Å². The maximum atomic E-state index is 11.8. The fourth-order valence-corrected chi connectivity index (χ4v) is 1.76. The van der Waals surface area contributed by atoms with Gasteiger partial charge in [0.15, 0.2) is 5.78 Å². The van der Waals surface area contributed by atoms with E-state index in [0.29, 0.717) is 17.1 Å². The molecule has 0 unspecified atom stereocenters. The van der Waals surface area contributed by atoms with Crippen LogP contribution in [0.1, 0.15) is 22.8 Å². The van der Waals surface area contributed by atoms with E-state index < -0.39 is 11.8 Å². The Morgan fingerprint density at radius 2 is 1.59 bits per heavy atom. The van der Waals surface area contributed by atoms with E-state index in [1.54, 1.807) is 43.3 Å². The quantitative estimate of drug-likeness (QED) is 0.671. The number of aromatic nitrogens is 1. The van der Waals surface area contributed by atoms with Gasteiger partial charge in [-0.15, -0.1) is 0 Å². The number of rotatable bonds is 3. The molecule has 0 aliphatic rings. The molecule has 0 aliphatic heterocycles. The first-order valence-electron chi connectivity index (χ1n) is 6.62. The van der Waals surface area contributed by atoms with E-state index in [9.17, 15) is 14.4 Å². The number of amides is 2. The molecule has 0 saturated heterocycles. The first kappa shape index (κ1) is 15.4. The zero-order valence-electron chi connectivity index (χ0n) is 12.2. The fourth-order valence-electron chi connectivity index (χ4n) is 1.76. The lowest BCUT2D eigenvalue weighted by Gasteiger charge is -2.08. The largest absolute Gasteiger partial charge is 0.318 e. The Balaban J connectivity index is 2.01. The second-order valence-corrected chi connectivity index (χ2v) is 4.71. The number of aryl methyl sites for hydroxylation is 1. The van der Waals surface area contributed by atoms with Crippen LogP contribution in [0.15, 0.2) is 42.6 Å². The second-order valence-electron chi connectivity index (χ2n) is 4.71. The number of hydrogen-bond donors (Lipinski definition) is 2. The van der Waals surface area contributed by atoms with Crippen LogP contribution in [-0.4, -0.2) is 22.6 Å².